The summed E-state index contributed by atoms with van der Waals surface area (Å²) >= 11 is 0. The van der Waals surface area contributed by atoms with Gasteiger partial charge in [0.1, 0.15) is 0 Å². The zero-order valence-electron chi connectivity index (χ0n) is 10.2. The quantitative estimate of drug-likeness (QED) is 0.784. The smallest absolute Gasteiger partial charge is 0.224 e. The van der Waals surface area contributed by atoms with E-state index in [2.05, 4.69) is 10.4 Å². The molecule has 1 amide bonds. The molecule has 94 valence electrons. The number of rotatable bonds is 4. The molecular formula is C12H20N4O. The molecule has 1 saturated carbocycles. The van der Waals surface area contributed by atoms with Crippen LogP contribution in [0.5, 0.6) is 0 Å². The van der Waals surface area contributed by atoms with E-state index in [4.69, 9.17) is 5.73 Å². The Morgan fingerprint density at radius 2 is 2.47 bits per heavy atom. The Hall–Kier alpha value is -1.36. The minimum Gasteiger partial charge on any atom is -0.353 e. The van der Waals surface area contributed by atoms with Gasteiger partial charge in [-0.1, -0.05) is 6.42 Å². The summed E-state index contributed by atoms with van der Waals surface area (Å²) in [5, 5.41) is 7.13. The highest BCUT2D eigenvalue weighted by Gasteiger charge is 2.27. The molecular weight excluding hydrogens is 216 g/mol. The lowest BCUT2D eigenvalue weighted by Gasteiger charge is -2.19. The summed E-state index contributed by atoms with van der Waals surface area (Å²) in [5.74, 6) is 0.524. The summed E-state index contributed by atoms with van der Waals surface area (Å²) in [7, 11) is 1.85. The van der Waals surface area contributed by atoms with Gasteiger partial charge in [-0.05, 0) is 30.9 Å². The topological polar surface area (TPSA) is 72.9 Å². The molecule has 1 aromatic heterocycles. The lowest BCUT2D eigenvalue weighted by Crippen LogP contribution is -2.40. The third kappa shape index (κ3) is 3.06. The number of carbonyl (C=O) groups is 1. The number of hydrogen-bond acceptors (Lipinski definition) is 3. The van der Waals surface area contributed by atoms with Gasteiger partial charge in [0.15, 0.2) is 0 Å². The molecule has 2 atom stereocenters. The van der Waals surface area contributed by atoms with Crippen molar-refractivity contribution in [1.82, 2.24) is 15.1 Å². The number of carbonyl (C=O) groups excluding carboxylic acids is 1. The van der Waals surface area contributed by atoms with Crippen molar-refractivity contribution in [3.63, 3.8) is 0 Å². The van der Waals surface area contributed by atoms with Gasteiger partial charge >= 0.3 is 0 Å². The third-order valence-corrected chi connectivity index (χ3v) is 3.43. The van der Waals surface area contributed by atoms with Crippen molar-refractivity contribution >= 4 is 5.91 Å². The van der Waals surface area contributed by atoms with Crippen LogP contribution in [-0.2, 0) is 18.3 Å². The van der Waals surface area contributed by atoms with Gasteiger partial charge in [0, 0.05) is 19.3 Å². The molecule has 0 aliphatic heterocycles. The molecule has 3 N–H and O–H groups in total. The van der Waals surface area contributed by atoms with Gasteiger partial charge in [-0.3, -0.25) is 9.48 Å². The van der Waals surface area contributed by atoms with Crippen LogP contribution in [0.3, 0.4) is 0 Å². The van der Waals surface area contributed by atoms with E-state index < -0.39 is 0 Å². The van der Waals surface area contributed by atoms with Gasteiger partial charge in [0.25, 0.3) is 0 Å². The van der Waals surface area contributed by atoms with Crippen LogP contribution in [0.25, 0.3) is 0 Å². The van der Waals surface area contributed by atoms with Crippen molar-refractivity contribution in [2.24, 2.45) is 18.7 Å². The maximum atomic E-state index is 11.9. The zero-order valence-corrected chi connectivity index (χ0v) is 10.2. The first kappa shape index (κ1) is 12.1. The van der Waals surface area contributed by atoms with Crippen LogP contribution < -0.4 is 11.1 Å². The Morgan fingerprint density at radius 1 is 1.65 bits per heavy atom. The monoisotopic (exact) mass is 236 g/mol. The van der Waals surface area contributed by atoms with E-state index in [1.165, 1.54) is 6.42 Å². The van der Waals surface area contributed by atoms with Crippen molar-refractivity contribution in [2.45, 2.75) is 31.7 Å². The maximum absolute atomic E-state index is 11.9. The van der Waals surface area contributed by atoms with E-state index in [-0.39, 0.29) is 11.9 Å². The molecule has 0 radical (unpaired) electrons. The fourth-order valence-electron chi connectivity index (χ4n) is 2.52. The number of nitrogens with one attached hydrogen (secondary N) is 1. The zero-order chi connectivity index (χ0) is 12.3. The molecule has 2 unspecified atom stereocenters. The van der Waals surface area contributed by atoms with Crippen molar-refractivity contribution in [3.05, 3.63) is 18.0 Å². The molecule has 0 bridgehead atoms. The van der Waals surface area contributed by atoms with E-state index in [1.807, 2.05) is 13.2 Å². The van der Waals surface area contributed by atoms with E-state index in [9.17, 15) is 4.79 Å². The van der Waals surface area contributed by atoms with E-state index in [0.717, 1.165) is 18.4 Å². The molecule has 5 heteroatoms. The standard InChI is InChI=1S/C12H20N4O/c1-16-8-9(7-14-16)5-12(17)15-11-4-2-3-10(11)6-13/h7-8,10-11H,2-6,13H2,1H3,(H,15,17). The molecule has 17 heavy (non-hydrogen) atoms. The second-order valence-corrected chi connectivity index (χ2v) is 4.80. The minimum atomic E-state index is 0.0725. The Labute approximate surface area is 101 Å². The highest BCUT2D eigenvalue weighted by Crippen LogP contribution is 2.24. The van der Waals surface area contributed by atoms with Crippen molar-refractivity contribution in [1.29, 1.82) is 0 Å². The second kappa shape index (κ2) is 5.31. The van der Waals surface area contributed by atoms with Crippen LogP contribution in [0.2, 0.25) is 0 Å². The minimum absolute atomic E-state index is 0.0725. The summed E-state index contributed by atoms with van der Waals surface area (Å²) < 4.78 is 1.71. The molecule has 0 aromatic carbocycles. The summed E-state index contributed by atoms with van der Waals surface area (Å²) in [5.41, 5.74) is 6.64. The maximum Gasteiger partial charge on any atom is 0.224 e. The number of aromatic nitrogens is 2. The van der Waals surface area contributed by atoms with Crippen LogP contribution in [0, 0.1) is 5.92 Å². The first-order chi connectivity index (χ1) is 8.19. The highest BCUT2D eigenvalue weighted by molar-refractivity contribution is 5.78. The average Bonchev–Trinajstić information content (AvgIpc) is 2.87. The van der Waals surface area contributed by atoms with E-state index in [1.54, 1.807) is 10.9 Å². The molecule has 1 heterocycles. The summed E-state index contributed by atoms with van der Waals surface area (Å²) in [6, 6.07) is 0.268. The lowest BCUT2D eigenvalue weighted by molar-refractivity contribution is -0.121. The van der Waals surface area contributed by atoms with Crippen LogP contribution in [0.1, 0.15) is 24.8 Å². The molecule has 1 aliphatic rings. The summed E-state index contributed by atoms with van der Waals surface area (Å²) in [4.78, 5) is 11.9. The lowest BCUT2D eigenvalue weighted by atomic mass is 10.0. The normalized spacial score (nSPS) is 23.9. The predicted molar refractivity (Wildman–Crippen MR) is 65.2 cm³/mol. The van der Waals surface area contributed by atoms with Gasteiger partial charge in [-0.2, -0.15) is 5.10 Å². The highest BCUT2D eigenvalue weighted by atomic mass is 16.1. The van der Waals surface area contributed by atoms with Gasteiger partial charge in [-0.25, -0.2) is 0 Å². The summed E-state index contributed by atoms with van der Waals surface area (Å²) in [6.07, 6.45) is 7.36. The third-order valence-electron chi connectivity index (χ3n) is 3.43. The van der Waals surface area contributed by atoms with Crippen molar-refractivity contribution < 1.29 is 4.79 Å². The predicted octanol–water partition coefficient (Wildman–Crippen LogP) is 0.206. The number of aryl methyl sites for hydroxylation is 1. The summed E-state index contributed by atoms with van der Waals surface area (Å²) in [6.45, 7) is 0.665. The molecule has 1 fully saturated rings. The number of nitrogens with two attached hydrogens (primary N) is 1. The largest absolute Gasteiger partial charge is 0.353 e. The van der Waals surface area contributed by atoms with Crippen LogP contribution in [-0.4, -0.2) is 28.3 Å². The number of hydrogen-bond donors (Lipinski definition) is 2. The van der Waals surface area contributed by atoms with Gasteiger partial charge < -0.3 is 11.1 Å². The molecule has 1 aromatic rings. The SMILES string of the molecule is Cn1cc(CC(=O)NC2CCCC2CN)cn1. The fourth-order valence-corrected chi connectivity index (χ4v) is 2.52. The number of nitrogens with zero attached hydrogens (tertiary/aromatic N) is 2. The first-order valence-corrected chi connectivity index (χ1v) is 6.16. The Bertz CT molecular complexity index is 388. The second-order valence-electron chi connectivity index (χ2n) is 4.80. The Balaban J connectivity index is 1.85. The molecule has 2 rings (SSSR count). The first-order valence-electron chi connectivity index (χ1n) is 6.16. The van der Waals surface area contributed by atoms with E-state index >= 15 is 0 Å². The van der Waals surface area contributed by atoms with Crippen LogP contribution >= 0.6 is 0 Å². The fraction of sp³-hybridized carbons (Fsp3) is 0.667. The molecule has 0 saturated heterocycles. The van der Waals surface area contributed by atoms with Gasteiger partial charge in [0.2, 0.25) is 5.91 Å². The Morgan fingerprint density at radius 3 is 3.12 bits per heavy atom. The molecule has 0 spiro atoms. The number of amides is 1. The van der Waals surface area contributed by atoms with E-state index in [0.29, 0.717) is 18.9 Å². The molecule has 1 aliphatic carbocycles. The van der Waals surface area contributed by atoms with Gasteiger partial charge in [0.05, 0.1) is 12.6 Å². The van der Waals surface area contributed by atoms with Crippen LogP contribution in [0.4, 0.5) is 0 Å². The Kier molecular flexibility index (Phi) is 3.78. The molecule has 5 nitrogen and oxygen atoms in total. The van der Waals surface area contributed by atoms with Gasteiger partial charge in [-0.15, -0.1) is 0 Å². The van der Waals surface area contributed by atoms with Crippen molar-refractivity contribution in [2.75, 3.05) is 6.54 Å². The average molecular weight is 236 g/mol. The van der Waals surface area contributed by atoms with Crippen molar-refractivity contribution in [3.8, 4) is 0 Å². The van der Waals surface area contributed by atoms with Crippen LogP contribution in [0.15, 0.2) is 12.4 Å².